The number of carboxylic acids is 1. The van der Waals surface area contributed by atoms with Crippen LogP contribution in [-0.2, 0) is 4.79 Å². The minimum Gasteiger partial charge on any atom is -0.481 e. The quantitative estimate of drug-likeness (QED) is 0.908. The molecule has 0 amide bonds. The molecule has 0 aliphatic carbocycles. The molecule has 0 unspecified atom stereocenters. The van der Waals surface area contributed by atoms with Crippen LogP contribution in [0.1, 0.15) is 12.0 Å². The lowest BCUT2D eigenvalue weighted by Crippen LogP contribution is -2.46. The molecular formula is C14H16BrN3O2. The zero-order chi connectivity index (χ0) is 14.5. The van der Waals surface area contributed by atoms with Crippen molar-refractivity contribution in [3.05, 3.63) is 28.2 Å². The lowest BCUT2D eigenvalue weighted by molar-refractivity contribution is -0.137. The Labute approximate surface area is 126 Å². The second-order valence-electron chi connectivity index (χ2n) is 4.75. The zero-order valence-electron chi connectivity index (χ0n) is 11.0. The van der Waals surface area contributed by atoms with Crippen molar-refractivity contribution in [1.82, 2.24) is 4.90 Å². The SMILES string of the molecule is N#Cc1ccc(N2CCN(CCC(=O)O)CC2)cc1Br. The maximum Gasteiger partial charge on any atom is 0.304 e. The highest BCUT2D eigenvalue weighted by Crippen LogP contribution is 2.24. The third-order valence-corrected chi connectivity index (χ3v) is 4.11. The molecule has 106 valence electrons. The zero-order valence-corrected chi connectivity index (χ0v) is 12.6. The van der Waals surface area contributed by atoms with Crippen molar-refractivity contribution in [3.63, 3.8) is 0 Å². The first kappa shape index (κ1) is 14.8. The summed E-state index contributed by atoms with van der Waals surface area (Å²) in [7, 11) is 0. The Morgan fingerprint density at radius 2 is 2.05 bits per heavy atom. The molecule has 1 fully saturated rings. The van der Waals surface area contributed by atoms with Crippen LogP contribution in [-0.4, -0.2) is 48.7 Å². The summed E-state index contributed by atoms with van der Waals surface area (Å²) in [6.45, 7) is 4.09. The summed E-state index contributed by atoms with van der Waals surface area (Å²) in [4.78, 5) is 15.0. The van der Waals surface area contributed by atoms with Gasteiger partial charge in [0, 0.05) is 42.9 Å². The van der Waals surface area contributed by atoms with Crippen molar-refractivity contribution in [2.45, 2.75) is 6.42 Å². The van der Waals surface area contributed by atoms with Gasteiger partial charge in [-0.1, -0.05) is 0 Å². The molecule has 1 aliphatic heterocycles. The van der Waals surface area contributed by atoms with Crippen LogP contribution in [0.15, 0.2) is 22.7 Å². The van der Waals surface area contributed by atoms with E-state index in [4.69, 9.17) is 10.4 Å². The fraction of sp³-hybridized carbons (Fsp3) is 0.429. The molecule has 6 heteroatoms. The number of hydrogen-bond donors (Lipinski definition) is 1. The molecule has 0 radical (unpaired) electrons. The Balaban J connectivity index is 1.92. The van der Waals surface area contributed by atoms with E-state index in [1.165, 1.54) is 0 Å². The number of nitriles is 1. The molecule has 0 atom stereocenters. The summed E-state index contributed by atoms with van der Waals surface area (Å²) in [5.41, 5.74) is 1.72. The normalized spacial score (nSPS) is 15.9. The highest BCUT2D eigenvalue weighted by atomic mass is 79.9. The third-order valence-electron chi connectivity index (χ3n) is 3.45. The van der Waals surface area contributed by atoms with Crippen molar-refractivity contribution in [2.24, 2.45) is 0 Å². The minimum atomic E-state index is -0.747. The molecule has 5 nitrogen and oxygen atoms in total. The van der Waals surface area contributed by atoms with Gasteiger partial charge in [-0.25, -0.2) is 0 Å². The highest BCUT2D eigenvalue weighted by Gasteiger charge is 2.18. The van der Waals surface area contributed by atoms with Gasteiger partial charge in [0.15, 0.2) is 0 Å². The standard InChI is InChI=1S/C14H16BrN3O2/c15-13-9-12(2-1-11(13)10-16)18-7-5-17(6-8-18)4-3-14(19)20/h1-2,9H,3-8H2,(H,19,20). The molecule has 0 aromatic heterocycles. The van der Waals surface area contributed by atoms with Gasteiger partial charge in [0.05, 0.1) is 12.0 Å². The van der Waals surface area contributed by atoms with Crippen molar-refractivity contribution < 1.29 is 9.90 Å². The Morgan fingerprint density at radius 3 is 2.60 bits per heavy atom. The highest BCUT2D eigenvalue weighted by molar-refractivity contribution is 9.10. The van der Waals surface area contributed by atoms with Gasteiger partial charge in [0.2, 0.25) is 0 Å². The van der Waals surface area contributed by atoms with E-state index in [2.05, 4.69) is 31.8 Å². The summed E-state index contributed by atoms with van der Waals surface area (Å²) in [5, 5.41) is 17.6. The first-order valence-electron chi connectivity index (χ1n) is 6.49. The van der Waals surface area contributed by atoms with Crippen molar-refractivity contribution >= 4 is 27.6 Å². The van der Waals surface area contributed by atoms with Gasteiger partial charge < -0.3 is 10.0 Å². The Bertz CT molecular complexity index is 534. The second-order valence-corrected chi connectivity index (χ2v) is 5.60. The van der Waals surface area contributed by atoms with E-state index >= 15 is 0 Å². The molecule has 2 rings (SSSR count). The third kappa shape index (κ3) is 3.71. The molecule has 1 aromatic rings. The lowest BCUT2D eigenvalue weighted by Gasteiger charge is -2.36. The molecule has 1 saturated heterocycles. The van der Waals surface area contributed by atoms with E-state index in [9.17, 15) is 4.79 Å². The number of hydrogen-bond acceptors (Lipinski definition) is 4. The molecule has 1 aromatic carbocycles. The molecule has 0 saturated carbocycles. The summed E-state index contributed by atoms with van der Waals surface area (Å²) in [6, 6.07) is 7.86. The van der Waals surface area contributed by atoms with Gasteiger partial charge in [-0.2, -0.15) is 5.26 Å². The summed E-state index contributed by atoms with van der Waals surface area (Å²) in [6.07, 6.45) is 0.197. The number of anilines is 1. The monoisotopic (exact) mass is 337 g/mol. The number of rotatable bonds is 4. The van der Waals surface area contributed by atoms with Crippen LogP contribution in [0.5, 0.6) is 0 Å². The van der Waals surface area contributed by atoms with Gasteiger partial charge in [-0.05, 0) is 34.1 Å². The van der Waals surface area contributed by atoms with Crippen molar-refractivity contribution in [2.75, 3.05) is 37.6 Å². The van der Waals surface area contributed by atoms with Crippen LogP contribution < -0.4 is 4.90 Å². The Morgan fingerprint density at radius 1 is 1.35 bits per heavy atom. The predicted octanol–water partition coefficient (Wildman–Crippen LogP) is 1.92. The van der Waals surface area contributed by atoms with Crippen molar-refractivity contribution in [3.8, 4) is 6.07 Å². The van der Waals surface area contributed by atoms with Gasteiger partial charge in [-0.3, -0.25) is 9.69 Å². The van der Waals surface area contributed by atoms with Crippen LogP contribution in [0.4, 0.5) is 5.69 Å². The van der Waals surface area contributed by atoms with Crippen LogP contribution in [0.3, 0.4) is 0 Å². The summed E-state index contributed by atoms with van der Waals surface area (Å²) < 4.78 is 0.811. The maximum atomic E-state index is 10.6. The number of carboxylic acid groups (broad SMARTS) is 1. The Kier molecular flexibility index (Phi) is 4.99. The molecule has 0 spiro atoms. The van der Waals surface area contributed by atoms with E-state index in [0.717, 1.165) is 36.3 Å². The molecule has 20 heavy (non-hydrogen) atoms. The van der Waals surface area contributed by atoms with Gasteiger partial charge in [0.1, 0.15) is 6.07 Å². The molecular weight excluding hydrogens is 322 g/mol. The lowest BCUT2D eigenvalue weighted by atomic mass is 10.2. The molecule has 1 heterocycles. The number of benzene rings is 1. The fourth-order valence-corrected chi connectivity index (χ4v) is 2.73. The van der Waals surface area contributed by atoms with E-state index in [-0.39, 0.29) is 6.42 Å². The number of halogens is 1. The van der Waals surface area contributed by atoms with E-state index in [0.29, 0.717) is 12.1 Å². The fourth-order valence-electron chi connectivity index (χ4n) is 2.27. The van der Waals surface area contributed by atoms with E-state index in [1.54, 1.807) is 0 Å². The topological polar surface area (TPSA) is 67.6 Å². The summed E-state index contributed by atoms with van der Waals surface area (Å²) >= 11 is 3.40. The van der Waals surface area contributed by atoms with Crippen LogP contribution >= 0.6 is 15.9 Å². The number of nitrogens with zero attached hydrogens (tertiary/aromatic N) is 3. The van der Waals surface area contributed by atoms with Crippen LogP contribution in [0.2, 0.25) is 0 Å². The first-order chi connectivity index (χ1) is 9.60. The number of carbonyl (C=O) groups is 1. The van der Waals surface area contributed by atoms with E-state index in [1.807, 2.05) is 18.2 Å². The van der Waals surface area contributed by atoms with Gasteiger partial charge in [-0.15, -0.1) is 0 Å². The van der Waals surface area contributed by atoms with Crippen molar-refractivity contribution in [1.29, 1.82) is 5.26 Å². The van der Waals surface area contributed by atoms with Gasteiger partial charge >= 0.3 is 5.97 Å². The molecule has 1 aliphatic rings. The molecule has 0 bridgehead atoms. The predicted molar refractivity (Wildman–Crippen MR) is 79.8 cm³/mol. The maximum absolute atomic E-state index is 10.6. The average Bonchev–Trinajstić information content (AvgIpc) is 2.45. The van der Waals surface area contributed by atoms with Crippen LogP contribution in [0.25, 0.3) is 0 Å². The van der Waals surface area contributed by atoms with E-state index < -0.39 is 5.97 Å². The first-order valence-corrected chi connectivity index (χ1v) is 7.28. The van der Waals surface area contributed by atoms with Crippen LogP contribution in [0, 0.1) is 11.3 Å². The summed E-state index contributed by atoms with van der Waals surface area (Å²) in [5.74, 6) is -0.747. The number of piperazine rings is 1. The second kappa shape index (κ2) is 6.73. The minimum absolute atomic E-state index is 0.197. The molecule has 1 N–H and O–H groups in total. The number of aliphatic carboxylic acids is 1. The average molecular weight is 338 g/mol. The van der Waals surface area contributed by atoms with Gasteiger partial charge in [0.25, 0.3) is 0 Å². The largest absolute Gasteiger partial charge is 0.481 e. The Hall–Kier alpha value is -1.58. The smallest absolute Gasteiger partial charge is 0.304 e.